The van der Waals surface area contributed by atoms with Gasteiger partial charge in [0.25, 0.3) is 0 Å². The smallest absolute Gasteiger partial charge is 0.139 e. The van der Waals surface area contributed by atoms with Gasteiger partial charge in [0.2, 0.25) is 0 Å². The highest BCUT2D eigenvalue weighted by Gasteiger charge is 2.01. The van der Waals surface area contributed by atoms with Gasteiger partial charge in [-0.2, -0.15) is 10.5 Å². The molecular weight excluding hydrogens is 172 g/mol. The predicted molar refractivity (Wildman–Crippen MR) is 43.7 cm³/mol. The number of aromatic nitrogens is 1. The minimum absolute atomic E-state index is 0.0708. The van der Waals surface area contributed by atoms with Crippen molar-refractivity contribution in [3.8, 4) is 12.1 Å². The molecule has 0 aliphatic carbocycles. The molecule has 0 aliphatic rings. The number of rotatable bonds is 0. The van der Waals surface area contributed by atoms with Gasteiger partial charge in [0, 0.05) is 0 Å². The lowest BCUT2D eigenvalue weighted by Gasteiger charge is -2.07. The highest BCUT2D eigenvalue weighted by Crippen LogP contribution is 2.12. The molecule has 0 aromatic carbocycles. The van der Waals surface area contributed by atoms with Crippen molar-refractivity contribution >= 4 is 18.4 Å². The molecule has 0 aliphatic heterocycles. The first-order chi connectivity index (χ1) is 5.69. The van der Waals surface area contributed by atoms with Crippen molar-refractivity contribution < 1.29 is 0 Å². The van der Waals surface area contributed by atoms with Crippen LogP contribution in [0, 0.1) is 22.7 Å². The summed E-state index contributed by atoms with van der Waals surface area (Å²) in [5.74, 6) is 0.0708. The molecular formula is C7H3N4S-. The molecule has 0 saturated carbocycles. The topological polar surface area (TPSA) is 86.5 Å². The first-order valence-corrected chi connectivity index (χ1v) is 3.37. The Morgan fingerprint density at radius 2 is 1.92 bits per heavy atom. The fourth-order valence-electron chi connectivity index (χ4n) is 0.680. The monoisotopic (exact) mass is 175 g/mol. The van der Waals surface area contributed by atoms with E-state index in [2.05, 4.69) is 4.98 Å². The summed E-state index contributed by atoms with van der Waals surface area (Å²) in [5.41, 5.74) is 5.73. The molecule has 0 spiro atoms. The van der Waals surface area contributed by atoms with Gasteiger partial charge in [-0.3, -0.25) is 4.98 Å². The van der Waals surface area contributed by atoms with Gasteiger partial charge >= 0.3 is 0 Å². The molecule has 0 radical (unpaired) electrons. The molecule has 0 amide bonds. The van der Waals surface area contributed by atoms with Crippen molar-refractivity contribution in [3.05, 3.63) is 17.2 Å². The molecule has 1 aromatic rings. The molecule has 0 atom stereocenters. The number of nitrogens with two attached hydrogens (primary N) is 1. The fourth-order valence-corrected chi connectivity index (χ4v) is 0.882. The van der Waals surface area contributed by atoms with E-state index in [0.29, 0.717) is 0 Å². The van der Waals surface area contributed by atoms with Gasteiger partial charge in [0.1, 0.15) is 11.9 Å². The number of nitrogen functional groups attached to an aromatic ring is 1. The molecule has 1 heterocycles. The zero-order chi connectivity index (χ0) is 9.14. The quantitative estimate of drug-likeness (QED) is 0.573. The van der Waals surface area contributed by atoms with Crippen molar-refractivity contribution in [3.63, 3.8) is 0 Å². The predicted octanol–water partition coefficient (Wildman–Crippen LogP) is 0.313. The highest BCUT2D eigenvalue weighted by molar-refractivity contribution is 7.58. The van der Waals surface area contributed by atoms with Crippen LogP contribution in [0.3, 0.4) is 0 Å². The lowest BCUT2D eigenvalue weighted by molar-refractivity contribution is 1.12. The van der Waals surface area contributed by atoms with E-state index in [9.17, 15) is 0 Å². The Hall–Kier alpha value is -1.85. The molecule has 1 rings (SSSR count). The number of pyridine rings is 1. The Morgan fingerprint density at radius 3 is 2.42 bits per heavy atom. The van der Waals surface area contributed by atoms with E-state index in [0.717, 1.165) is 0 Å². The molecule has 0 fully saturated rings. The Bertz CT molecular complexity index is 364. The standard InChI is InChI=1S/C7H4N4S/c8-2-4-1-5(3-9)7(12)11-6(4)10/h1H,(H3,10,11,12)/p-1. The lowest BCUT2D eigenvalue weighted by atomic mass is 10.2. The molecule has 1 aromatic heterocycles. The van der Waals surface area contributed by atoms with E-state index >= 15 is 0 Å². The molecule has 12 heavy (non-hydrogen) atoms. The van der Waals surface area contributed by atoms with E-state index in [4.69, 9.17) is 28.9 Å². The molecule has 0 bridgehead atoms. The van der Waals surface area contributed by atoms with Crippen LogP contribution in [-0.4, -0.2) is 4.98 Å². The third-order valence-electron chi connectivity index (χ3n) is 1.26. The number of hydrogen-bond donors (Lipinski definition) is 1. The SMILES string of the molecule is N#Cc1cc(C#N)c([S-])nc1N. The van der Waals surface area contributed by atoms with Crippen LogP contribution in [0.15, 0.2) is 11.1 Å². The van der Waals surface area contributed by atoms with Crippen molar-refractivity contribution in [1.29, 1.82) is 10.5 Å². The van der Waals surface area contributed by atoms with Gasteiger partial charge in [-0.1, -0.05) is 5.03 Å². The molecule has 2 N–H and O–H groups in total. The minimum atomic E-state index is 0.0708. The van der Waals surface area contributed by atoms with Gasteiger partial charge in [0.05, 0.1) is 17.2 Å². The third kappa shape index (κ3) is 1.26. The van der Waals surface area contributed by atoms with Crippen LogP contribution < -0.4 is 5.73 Å². The van der Waals surface area contributed by atoms with Gasteiger partial charge in [-0.05, 0) is 6.07 Å². The maximum atomic E-state index is 8.52. The van der Waals surface area contributed by atoms with Gasteiger partial charge in [-0.25, -0.2) is 0 Å². The lowest BCUT2D eigenvalue weighted by Crippen LogP contribution is -1.98. The first kappa shape index (κ1) is 8.25. The Morgan fingerprint density at radius 1 is 1.33 bits per heavy atom. The number of hydrogen-bond acceptors (Lipinski definition) is 5. The summed E-state index contributed by atoms with van der Waals surface area (Å²) in [6.45, 7) is 0. The van der Waals surface area contributed by atoms with E-state index in [-0.39, 0.29) is 22.0 Å². The van der Waals surface area contributed by atoms with E-state index < -0.39 is 0 Å². The Kier molecular flexibility index (Phi) is 2.09. The summed E-state index contributed by atoms with van der Waals surface area (Å²) in [5, 5.41) is 17.2. The highest BCUT2D eigenvalue weighted by atomic mass is 32.1. The van der Waals surface area contributed by atoms with E-state index in [1.54, 1.807) is 0 Å². The summed E-state index contributed by atoms with van der Waals surface area (Å²) in [4.78, 5) is 3.66. The summed E-state index contributed by atoms with van der Waals surface area (Å²) >= 11 is 4.72. The van der Waals surface area contributed by atoms with Crippen LogP contribution in [0.1, 0.15) is 11.1 Å². The maximum absolute atomic E-state index is 8.52. The zero-order valence-corrected chi connectivity index (χ0v) is 6.72. The second-order valence-electron chi connectivity index (χ2n) is 2.00. The molecule has 0 unspecified atom stereocenters. The fraction of sp³-hybridized carbons (Fsp3) is 0. The van der Waals surface area contributed by atoms with Gasteiger partial charge in [0.15, 0.2) is 0 Å². The Balaban J connectivity index is 3.42. The van der Waals surface area contributed by atoms with Crippen LogP contribution in [0.25, 0.3) is 0 Å². The Labute approximate surface area is 74.7 Å². The maximum Gasteiger partial charge on any atom is 0.139 e. The second-order valence-corrected chi connectivity index (χ2v) is 2.38. The van der Waals surface area contributed by atoms with E-state index in [1.807, 2.05) is 12.1 Å². The molecule has 5 heteroatoms. The number of nitrogens with zero attached hydrogens (tertiary/aromatic N) is 3. The van der Waals surface area contributed by atoms with Crippen LogP contribution in [-0.2, 0) is 12.6 Å². The minimum Gasteiger partial charge on any atom is -0.759 e. The van der Waals surface area contributed by atoms with Crippen molar-refractivity contribution in [2.45, 2.75) is 5.03 Å². The molecule has 4 nitrogen and oxygen atoms in total. The van der Waals surface area contributed by atoms with Gasteiger partial charge in [-0.15, -0.1) is 0 Å². The van der Waals surface area contributed by atoms with Crippen LogP contribution >= 0.6 is 0 Å². The first-order valence-electron chi connectivity index (χ1n) is 2.96. The average molecular weight is 175 g/mol. The summed E-state index contributed by atoms with van der Waals surface area (Å²) in [6, 6.07) is 4.97. The van der Waals surface area contributed by atoms with Crippen molar-refractivity contribution in [2.75, 3.05) is 5.73 Å². The van der Waals surface area contributed by atoms with Crippen LogP contribution in [0.2, 0.25) is 0 Å². The number of anilines is 1. The summed E-state index contributed by atoms with van der Waals surface area (Å²) < 4.78 is 0. The summed E-state index contributed by atoms with van der Waals surface area (Å²) in [7, 11) is 0. The zero-order valence-electron chi connectivity index (χ0n) is 5.90. The largest absolute Gasteiger partial charge is 0.759 e. The normalized spacial score (nSPS) is 8.50. The van der Waals surface area contributed by atoms with Crippen LogP contribution in [0.4, 0.5) is 5.82 Å². The van der Waals surface area contributed by atoms with Gasteiger partial charge < -0.3 is 18.4 Å². The van der Waals surface area contributed by atoms with Crippen molar-refractivity contribution in [1.82, 2.24) is 4.98 Å². The second kappa shape index (κ2) is 3.04. The average Bonchev–Trinajstić information content (AvgIpc) is 2.05. The van der Waals surface area contributed by atoms with E-state index in [1.165, 1.54) is 6.07 Å². The molecule has 0 saturated heterocycles. The third-order valence-corrected chi connectivity index (χ3v) is 1.57. The summed E-state index contributed by atoms with van der Waals surface area (Å²) in [6.07, 6.45) is 0. The molecule has 58 valence electrons. The number of nitriles is 2. The van der Waals surface area contributed by atoms with Crippen molar-refractivity contribution in [2.24, 2.45) is 0 Å². The van der Waals surface area contributed by atoms with Crippen LogP contribution in [0.5, 0.6) is 0 Å².